The van der Waals surface area contributed by atoms with Crippen LogP contribution < -0.4 is 0 Å². The quantitative estimate of drug-likeness (QED) is 0.514. The molecule has 1 aromatic rings. The van der Waals surface area contributed by atoms with E-state index in [4.69, 9.17) is 0 Å². The molecule has 0 aromatic heterocycles. The van der Waals surface area contributed by atoms with Crippen molar-refractivity contribution in [3.05, 3.63) is 41.7 Å². The van der Waals surface area contributed by atoms with Gasteiger partial charge < -0.3 is 0 Å². The third kappa shape index (κ3) is 1.56. The van der Waals surface area contributed by atoms with Crippen molar-refractivity contribution in [1.29, 1.82) is 0 Å². The van der Waals surface area contributed by atoms with E-state index in [-0.39, 0.29) is 0 Å². The van der Waals surface area contributed by atoms with E-state index < -0.39 is 29.0 Å². The number of hydrogen-bond acceptors (Lipinski definition) is 1. The van der Waals surface area contributed by atoms with Crippen LogP contribution >= 0.6 is 0 Å². The Hall–Kier alpha value is -1.91. The van der Waals surface area contributed by atoms with Crippen molar-refractivity contribution in [2.24, 2.45) is 0 Å². The highest BCUT2D eigenvalue weighted by atomic mass is 19.2. The van der Waals surface area contributed by atoms with Crippen molar-refractivity contribution in [2.75, 3.05) is 0 Å². The minimum atomic E-state index is -1.32. The molecule has 5 heteroatoms. The molecule has 2 rings (SSSR count). The SMILES string of the molecule is O=C1C=CC=[N+]1c1cc(F)cc(F)c1F. The van der Waals surface area contributed by atoms with Gasteiger partial charge in [-0.3, -0.25) is 0 Å². The first-order valence-electron chi connectivity index (χ1n) is 4.09. The van der Waals surface area contributed by atoms with Gasteiger partial charge >= 0.3 is 5.91 Å². The minimum Gasteiger partial charge on any atom is -0.214 e. The highest BCUT2D eigenvalue weighted by molar-refractivity contribution is 5.95. The van der Waals surface area contributed by atoms with Gasteiger partial charge in [-0.05, 0) is 0 Å². The fraction of sp³-hybridized carbons (Fsp3) is 0. The zero-order valence-electron chi connectivity index (χ0n) is 7.38. The maximum absolute atomic E-state index is 13.2. The van der Waals surface area contributed by atoms with Crippen LogP contribution in [0.5, 0.6) is 0 Å². The van der Waals surface area contributed by atoms with Crippen molar-refractivity contribution in [1.82, 2.24) is 0 Å². The third-order valence-electron chi connectivity index (χ3n) is 1.94. The number of rotatable bonds is 1. The number of carbonyl (C=O) groups is 1. The number of allylic oxidation sites excluding steroid dienone is 1. The fourth-order valence-electron chi connectivity index (χ4n) is 1.28. The Morgan fingerprint density at radius 2 is 1.87 bits per heavy atom. The lowest BCUT2D eigenvalue weighted by Crippen LogP contribution is -2.12. The van der Waals surface area contributed by atoms with Gasteiger partial charge in [0.05, 0.1) is 6.08 Å². The smallest absolute Gasteiger partial charge is 0.214 e. The molecule has 0 bridgehead atoms. The summed E-state index contributed by atoms with van der Waals surface area (Å²) in [7, 11) is 0. The summed E-state index contributed by atoms with van der Waals surface area (Å²) in [6.45, 7) is 0. The molecule has 0 aliphatic carbocycles. The van der Waals surface area contributed by atoms with Gasteiger partial charge in [0.2, 0.25) is 5.82 Å². The molecule has 0 spiro atoms. The van der Waals surface area contributed by atoms with Crippen molar-refractivity contribution < 1.29 is 22.5 Å². The van der Waals surface area contributed by atoms with Crippen molar-refractivity contribution in [2.45, 2.75) is 0 Å². The minimum absolute atomic E-state index is 0.423. The first kappa shape index (κ1) is 9.64. The second kappa shape index (κ2) is 3.34. The van der Waals surface area contributed by atoms with E-state index in [1.807, 2.05) is 0 Å². The molecule has 0 atom stereocenters. The van der Waals surface area contributed by atoms with Crippen LogP contribution in [0.4, 0.5) is 18.9 Å². The van der Waals surface area contributed by atoms with Gasteiger partial charge in [-0.1, -0.05) is 0 Å². The van der Waals surface area contributed by atoms with E-state index in [9.17, 15) is 18.0 Å². The van der Waals surface area contributed by atoms with Gasteiger partial charge in [0, 0.05) is 18.2 Å². The summed E-state index contributed by atoms with van der Waals surface area (Å²) in [6.07, 6.45) is 3.77. The molecule has 1 aliphatic heterocycles. The van der Waals surface area contributed by atoms with Gasteiger partial charge in [-0.15, -0.1) is 4.58 Å². The van der Waals surface area contributed by atoms with E-state index in [1.165, 1.54) is 18.4 Å². The van der Waals surface area contributed by atoms with Gasteiger partial charge in [0.25, 0.3) is 5.69 Å². The molecule has 0 fully saturated rings. The summed E-state index contributed by atoms with van der Waals surface area (Å²) < 4.78 is 39.7. The van der Waals surface area contributed by atoms with E-state index in [0.29, 0.717) is 6.07 Å². The Bertz CT molecular complexity index is 506. The molecule has 0 radical (unpaired) electrons. The predicted molar refractivity (Wildman–Crippen MR) is 46.4 cm³/mol. The fourth-order valence-corrected chi connectivity index (χ4v) is 1.28. The molecule has 0 saturated heterocycles. The highest BCUT2D eigenvalue weighted by Gasteiger charge is 2.27. The zero-order chi connectivity index (χ0) is 11.0. The molecule has 1 heterocycles. The van der Waals surface area contributed by atoms with E-state index >= 15 is 0 Å². The summed E-state index contributed by atoms with van der Waals surface area (Å²) >= 11 is 0. The van der Waals surface area contributed by atoms with Gasteiger partial charge in [0.1, 0.15) is 5.82 Å². The second-order valence-electron chi connectivity index (χ2n) is 2.94. The van der Waals surface area contributed by atoms with Gasteiger partial charge in [-0.25, -0.2) is 13.6 Å². The van der Waals surface area contributed by atoms with E-state index in [0.717, 1.165) is 10.6 Å². The molecular weight excluding hydrogens is 207 g/mol. The summed E-state index contributed by atoms with van der Waals surface area (Å²) in [5, 5.41) is 0. The molecular formula is C10H5F3NO+. The van der Waals surface area contributed by atoms with E-state index in [1.54, 1.807) is 0 Å². The van der Waals surface area contributed by atoms with Crippen LogP contribution in [0, 0.1) is 17.5 Å². The van der Waals surface area contributed by atoms with Crippen LogP contribution in [0.2, 0.25) is 0 Å². The van der Waals surface area contributed by atoms with Crippen molar-refractivity contribution >= 4 is 17.8 Å². The average Bonchev–Trinajstić information content (AvgIpc) is 2.58. The van der Waals surface area contributed by atoms with Crippen LogP contribution in [0.3, 0.4) is 0 Å². The summed E-state index contributed by atoms with van der Waals surface area (Å²) in [5.74, 6) is -4.04. The second-order valence-corrected chi connectivity index (χ2v) is 2.94. The zero-order valence-corrected chi connectivity index (χ0v) is 7.38. The molecule has 1 aliphatic rings. The molecule has 1 aromatic carbocycles. The monoisotopic (exact) mass is 212 g/mol. The third-order valence-corrected chi connectivity index (χ3v) is 1.94. The predicted octanol–water partition coefficient (Wildman–Crippen LogP) is 1.92. The lowest BCUT2D eigenvalue weighted by molar-refractivity contribution is -0.355. The number of carbonyl (C=O) groups excluding carboxylic acids is 1. The number of hydrogen-bond donors (Lipinski definition) is 0. The van der Waals surface area contributed by atoms with Crippen LogP contribution in [0.1, 0.15) is 0 Å². The van der Waals surface area contributed by atoms with Crippen LogP contribution in [-0.2, 0) is 4.79 Å². The van der Waals surface area contributed by atoms with Gasteiger partial charge in [0.15, 0.2) is 12.0 Å². The molecule has 1 amide bonds. The Morgan fingerprint density at radius 1 is 1.13 bits per heavy atom. The highest BCUT2D eigenvalue weighted by Crippen LogP contribution is 2.22. The normalized spacial score (nSPS) is 14.6. The standard InChI is InChI=1S/C10H5F3NO/c11-6-4-7(12)10(13)8(5-6)14-3-1-2-9(14)15/h1-5H/q+1. The molecule has 2 nitrogen and oxygen atoms in total. The summed E-state index contributed by atoms with van der Waals surface area (Å²) in [6, 6.07) is 1.19. The first-order chi connectivity index (χ1) is 7.09. The van der Waals surface area contributed by atoms with Crippen molar-refractivity contribution in [3.63, 3.8) is 0 Å². The summed E-state index contributed by atoms with van der Waals surface area (Å²) in [5.41, 5.74) is -0.428. The molecule has 76 valence electrons. The molecule has 0 saturated carbocycles. The average molecular weight is 212 g/mol. The lowest BCUT2D eigenvalue weighted by atomic mass is 10.2. The topological polar surface area (TPSA) is 20.1 Å². The molecule has 0 unspecified atom stereocenters. The lowest BCUT2D eigenvalue weighted by Gasteiger charge is -1.98. The Kier molecular flexibility index (Phi) is 2.15. The van der Waals surface area contributed by atoms with Crippen LogP contribution in [0.15, 0.2) is 24.3 Å². The van der Waals surface area contributed by atoms with Crippen molar-refractivity contribution in [3.8, 4) is 0 Å². The summed E-state index contributed by atoms with van der Waals surface area (Å²) in [4.78, 5) is 11.1. The largest absolute Gasteiger partial charge is 0.418 e. The number of halogens is 3. The number of nitrogens with zero attached hydrogens (tertiary/aromatic N) is 1. The Labute approximate surface area is 83.0 Å². The molecule has 15 heavy (non-hydrogen) atoms. The molecule has 0 N–H and O–H groups in total. The Balaban J connectivity index is 2.58. The van der Waals surface area contributed by atoms with Crippen LogP contribution in [-0.4, -0.2) is 16.7 Å². The number of benzene rings is 1. The van der Waals surface area contributed by atoms with E-state index in [2.05, 4.69) is 0 Å². The van der Waals surface area contributed by atoms with Crippen LogP contribution in [0.25, 0.3) is 0 Å². The number of amides is 1. The maximum atomic E-state index is 13.2. The first-order valence-corrected chi connectivity index (χ1v) is 4.09. The van der Waals surface area contributed by atoms with Gasteiger partial charge in [-0.2, -0.15) is 4.39 Å². The Morgan fingerprint density at radius 3 is 2.47 bits per heavy atom. The maximum Gasteiger partial charge on any atom is 0.418 e.